The van der Waals surface area contributed by atoms with Crippen LogP contribution in [0.1, 0.15) is 12.6 Å². The molecule has 1 aromatic rings. The maximum atomic E-state index is 11.8. The summed E-state index contributed by atoms with van der Waals surface area (Å²) in [5.74, 6) is -0.0669. The number of hydrogen-bond acceptors (Lipinski definition) is 1. The molecule has 1 heterocycles. The largest absolute Gasteiger partial charge is 0.353 e. The van der Waals surface area contributed by atoms with Crippen LogP contribution in [0.3, 0.4) is 0 Å². The third-order valence-corrected chi connectivity index (χ3v) is 2.59. The van der Waals surface area contributed by atoms with Gasteiger partial charge >= 0.3 is 0 Å². The molecular formula is C12H17ClN2O. The Hall–Kier alpha value is -1.22. The summed E-state index contributed by atoms with van der Waals surface area (Å²) in [6.07, 6.45) is 3.66. The van der Waals surface area contributed by atoms with Gasteiger partial charge in [-0.15, -0.1) is 18.2 Å². The molecule has 1 aromatic heterocycles. The lowest BCUT2D eigenvalue weighted by Crippen LogP contribution is -2.35. The third-order valence-electron chi connectivity index (χ3n) is 2.41. The number of aryl methyl sites for hydroxylation is 1. The van der Waals surface area contributed by atoms with Crippen molar-refractivity contribution >= 4 is 17.5 Å². The van der Waals surface area contributed by atoms with E-state index < -0.39 is 5.38 Å². The van der Waals surface area contributed by atoms with Gasteiger partial charge < -0.3 is 9.47 Å². The van der Waals surface area contributed by atoms with E-state index in [1.807, 2.05) is 29.9 Å². The van der Waals surface area contributed by atoms with Crippen molar-refractivity contribution < 1.29 is 4.79 Å². The van der Waals surface area contributed by atoms with Crippen molar-refractivity contribution in [2.45, 2.75) is 18.8 Å². The van der Waals surface area contributed by atoms with Crippen LogP contribution in [-0.2, 0) is 18.4 Å². The van der Waals surface area contributed by atoms with Crippen LogP contribution in [-0.4, -0.2) is 27.3 Å². The first-order valence-electron chi connectivity index (χ1n) is 5.20. The van der Waals surface area contributed by atoms with E-state index in [1.54, 1.807) is 17.9 Å². The van der Waals surface area contributed by atoms with Gasteiger partial charge in [0.2, 0.25) is 5.91 Å². The van der Waals surface area contributed by atoms with Crippen LogP contribution in [0.4, 0.5) is 0 Å². The average molecular weight is 241 g/mol. The summed E-state index contributed by atoms with van der Waals surface area (Å²) in [6.45, 7) is 6.41. The monoisotopic (exact) mass is 240 g/mol. The summed E-state index contributed by atoms with van der Waals surface area (Å²) < 4.78 is 1.99. The number of carbonyl (C=O) groups is 1. The minimum Gasteiger partial charge on any atom is -0.353 e. The molecule has 1 rings (SSSR count). The van der Waals surface area contributed by atoms with Gasteiger partial charge in [-0.1, -0.05) is 6.08 Å². The minimum absolute atomic E-state index is 0.0669. The summed E-state index contributed by atoms with van der Waals surface area (Å²) in [5.41, 5.74) is 1.08. The van der Waals surface area contributed by atoms with Crippen molar-refractivity contribution in [2.75, 3.05) is 6.54 Å². The number of amides is 1. The van der Waals surface area contributed by atoms with Gasteiger partial charge in [0.15, 0.2) is 0 Å². The molecule has 0 aliphatic carbocycles. The molecular weight excluding hydrogens is 224 g/mol. The smallest absolute Gasteiger partial charge is 0.240 e. The van der Waals surface area contributed by atoms with Crippen molar-refractivity contribution in [1.29, 1.82) is 0 Å². The molecule has 0 bridgehead atoms. The zero-order valence-corrected chi connectivity index (χ0v) is 10.4. The van der Waals surface area contributed by atoms with Gasteiger partial charge in [-0.3, -0.25) is 4.79 Å². The molecule has 4 heteroatoms. The molecule has 3 nitrogen and oxygen atoms in total. The van der Waals surface area contributed by atoms with Gasteiger partial charge in [-0.2, -0.15) is 0 Å². The molecule has 0 aromatic carbocycles. The highest BCUT2D eigenvalue weighted by molar-refractivity contribution is 6.30. The van der Waals surface area contributed by atoms with E-state index in [0.717, 1.165) is 5.69 Å². The third kappa shape index (κ3) is 3.14. The number of nitrogens with zero attached hydrogens (tertiary/aromatic N) is 2. The summed E-state index contributed by atoms with van der Waals surface area (Å²) in [7, 11) is 1.95. The summed E-state index contributed by atoms with van der Waals surface area (Å²) in [4.78, 5) is 13.5. The highest BCUT2D eigenvalue weighted by Crippen LogP contribution is 2.09. The second-order valence-electron chi connectivity index (χ2n) is 3.73. The van der Waals surface area contributed by atoms with Gasteiger partial charge in [0.05, 0.1) is 6.54 Å². The topological polar surface area (TPSA) is 25.2 Å². The van der Waals surface area contributed by atoms with E-state index in [4.69, 9.17) is 11.6 Å². The van der Waals surface area contributed by atoms with Crippen molar-refractivity contribution in [3.05, 3.63) is 36.7 Å². The zero-order chi connectivity index (χ0) is 12.1. The molecule has 0 radical (unpaired) electrons. The van der Waals surface area contributed by atoms with Gasteiger partial charge in [-0.25, -0.2) is 0 Å². The lowest BCUT2D eigenvalue weighted by molar-refractivity contribution is -0.130. The van der Waals surface area contributed by atoms with Crippen molar-refractivity contribution in [2.24, 2.45) is 7.05 Å². The predicted molar refractivity (Wildman–Crippen MR) is 66.3 cm³/mol. The van der Waals surface area contributed by atoms with Crippen LogP contribution < -0.4 is 0 Å². The van der Waals surface area contributed by atoms with E-state index >= 15 is 0 Å². The molecule has 1 atom stereocenters. The lowest BCUT2D eigenvalue weighted by atomic mass is 10.3. The van der Waals surface area contributed by atoms with Gasteiger partial charge in [0.1, 0.15) is 5.38 Å². The van der Waals surface area contributed by atoms with Gasteiger partial charge in [-0.05, 0) is 19.1 Å². The second-order valence-corrected chi connectivity index (χ2v) is 4.39. The van der Waals surface area contributed by atoms with Crippen LogP contribution in [0.15, 0.2) is 31.0 Å². The Morgan fingerprint density at radius 3 is 2.88 bits per heavy atom. The Bertz CT molecular complexity index is 371. The van der Waals surface area contributed by atoms with Crippen molar-refractivity contribution in [3.63, 3.8) is 0 Å². The Balaban J connectivity index is 2.76. The number of hydrogen-bond donors (Lipinski definition) is 0. The molecule has 16 heavy (non-hydrogen) atoms. The number of rotatable bonds is 5. The fourth-order valence-corrected chi connectivity index (χ4v) is 1.63. The highest BCUT2D eigenvalue weighted by Gasteiger charge is 2.18. The predicted octanol–water partition coefficient (Wildman–Crippen LogP) is 2.17. The number of carbonyl (C=O) groups excluding carboxylic acids is 1. The van der Waals surface area contributed by atoms with Gasteiger partial charge in [0, 0.05) is 25.5 Å². The second kappa shape index (κ2) is 5.75. The Morgan fingerprint density at radius 2 is 2.44 bits per heavy atom. The van der Waals surface area contributed by atoms with E-state index in [1.165, 1.54) is 0 Å². The average Bonchev–Trinajstić information content (AvgIpc) is 2.62. The fraction of sp³-hybridized carbons (Fsp3) is 0.417. The summed E-state index contributed by atoms with van der Waals surface area (Å²) in [5, 5.41) is -0.500. The summed E-state index contributed by atoms with van der Waals surface area (Å²) in [6, 6.07) is 3.94. The van der Waals surface area contributed by atoms with E-state index in [2.05, 4.69) is 6.58 Å². The van der Waals surface area contributed by atoms with Crippen LogP contribution >= 0.6 is 11.6 Å². The Morgan fingerprint density at radius 1 is 1.75 bits per heavy atom. The van der Waals surface area contributed by atoms with Crippen molar-refractivity contribution in [3.8, 4) is 0 Å². The van der Waals surface area contributed by atoms with Crippen LogP contribution in [0.5, 0.6) is 0 Å². The molecule has 0 spiro atoms. The zero-order valence-electron chi connectivity index (χ0n) is 9.69. The normalized spacial score (nSPS) is 12.2. The SMILES string of the molecule is C=CCN(Cc1cccn1C)C(=O)C(C)Cl. The lowest BCUT2D eigenvalue weighted by Gasteiger charge is -2.22. The molecule has 1 amide bonds. The molecule has 1 unspecified atom stereocenters. The van der Waals surface area contributed by atoms with E-state index in [-0.39, 0.29) is 5.91 Å². The van der Waals surface area contributed by atoms with E-state index in [0.29, 0.717) is 13.1 Å². The minimum atomic E-state index is -0.500. The maximum absolute atomic E-state index is 11.8. The molecule has 0 aliphatic rings. The first-order valence-corrected chi connectivity index (χ1v) is 5.64. The molecule has 88 valence electrons. The first-order chi connectivity index (χ1) is 7.56. The first kappa shape index (κ1) is 12.8. The standard InChI is InChI=1S/C12H17ClN2O/c1-4-7-15(12(16)10(2)13)9-11-6-5-8-14(11)3/h4-6,8,10H,1,7,9H2,2-3H3. The maximum Gasteiger partial charge on any atom is 0.240 e. The van der Waals surface area contributed by atoms with E-state index in [9.17, 15) is 4.79 Å². The molecule has 0 N–H and O–H groups in total. The van der Waals surface area contributed by atoms with Gasteiger partial charge in [0.25, 0.3) is 0 Å². The molecule has 0 saturated heterocycles. The molecule has 0 saturated carbocycles. The van der Waals surface area contributed by atoms with Crippen molar-refractivity contribution in [1.82, 2.24) is 9.47 Å². The van der Waals surface area contributed by atoms with Crippen LogP contribution in [0.25, 0.3) is 0 Å². The quantitative estimate of drug-likeness (QED) is 0.572. The summed E-state index contributed by atoms with van der Waals surface area (Å²) >= 11 is 5.81. The van der Waals surface area contributed by atoms with Crippen LogP contribution in [0.2, 0.25) is 0 Å². The van der Waals surface area contributed by atoms with Crippen LogP contribution in [0, 0.1) is 0 Å². The number of aromatic nitrogens is 1. The Kier molecular flexibility index (Phi) is 4.62. The molecule has 0 fully saturated rings. The molecule has 0 aliphatic heterocycles. The number of halogens is 1. The number of alkyl halides is 1. The fourth-order valence-electron chi connectivity index (χ4n) is 1.50. The highest BCUT2D eigenvalue weighted by atomic mass is 35.5. The Labute approximate surface area is 101 Å².